The Morgan fingerprint density at radius 3 is 2.42 bits per heavy atom. The number of carbonyl (C=O) groups is 1. The number of hydrogen-bond donors (Lipinski definition) is 2. The van der Waals surface area contributed by atoms with Gasteiger partial charge in [0.15, 0.2) is 17.2 Å². The van der Waals surface area contributed by atoms with E-state index in [4.69, 9.17) is 0 Å². The summed E-state index contributed by atoms with van der Waals surface area (Å²) >= 11 is 0. The average molecular weight is 261 g/mol. The molecule has 1 heterocycles. The number of nitrogens with one attached hydrogen (secondary N) is 1. The van der Waals surface area contributed by atoms with Gasteiger partial charge in [0.25, 0.3) is 5.91 Å². The molecule has 0 fully saturated rings. The third kappa shape index (κ3) is 1.48. The van der Waals surface area contributed by atoms with Crippen LogP contribution in [0.3, 0.4) is 0 Å². The molecule has 19 heavy (non-hydrogen) atoms. The van der Waals surface area contributed by atoms with E-state index in [9.17, 15) is 18.7 Å². The fourth-order valence-corrected chi connectivity index (χ4v) is 2.27. The minimum atomic E-state index is -1.99. The van der Waals surface area contributed by atoms with E-state index in [1.54, 1.807) is 30.3 Å². The second-order valence-electron chi connectivity index (χ2n) is 4.31. The third-order valence-corrected chi connectivity index (χ3v) is 3.24. The van der Waals surface area contributed by atoms with E-state index in [0.29, 0.717) is 5.56 Å². The van der Waals surface area contributed by atoms with Crippen LogP contribution in [0.4, 0.5) is 14.5 Å². The number of benzene rings is 2. The predicted octanol–water partition coefficient (Wildman–Crippen LogP) is 2.15. The van der Waals surface area contributed by atoms with Crippen molar-refractivity contribution in [1.29, 1.82) is 0 Å². The lowest BCUT2D eigenvalue weighted by atomic mass is 9.87. The van der Waals surface area contributed by atoms with Crippen LogP contribution in [0.15, 0.2) is 42.5 Å². The summed E-state index contributed by atoms with van der Waals surface area (Å²) in [6, 6.07) is 10.2. The van der Waals surface area contributed by atoms with Crippen LogP contribution < -0.4 is 5.32 Å². The highest BCUT2D eigenvalue weighted by Crippen LogP contribution is 2.42. The zero-order valence-corrected chi connectivity index (χ0v) is 9.65. The van der Waals surface area contributed by atoms with Crippen molar-refractivity contribution in [2.75, 3.05) is 5.32 Å². The number of amides is 1. The fourth-order valence-electron chi connectivity index (χ4n) is 2.27. The first kappa shape index (κ1) is 11.8. The first-order chi connectivity index (χ1) is 9.05. The number of fused-ring (bicyclic) bond motifs is 1. The molecule has 0 spiro atoms. The van der Waals surface area contributed by atoms with Gasteiger partial charge in [-0.1, -0.05) is 36.4 Å². The van der Waals surface area contributed by atoms with Crippen LogP contribution in [0.25, 0.3) is 0 Å². The highest BCUT2D eigenvalue weighted by atomic mass is 19.2. The molecule has 0 aromatic heterocycles. The van der Waals surface area contributed by atoms with Gasteiger partial charge >= 0.3 is 0 Å². The van der Waals surface area contributed by atoms with Gasteiger partial charge in [-0.3, -0.25) is 4.79 Å². The largest absolute Gasteiger partial charge is 0.372 e. The maximum Gasteiger partial charge on any atom is 0.265 e. The molecular weight excluding hydrogens is 252 g/mol. The zero-order chi connectivity index (χ0) is 13.6. The molecule has 2 N–H and O–H groups in total. The van der Waals surface area contributed by atoms with Crippen LogP contribution in [0.2, 0.25) is 0 Å². The Bertz CT molecular complexity index is 673. The first-order valence-corrected chi connectivity index (χ1v) is 5.63. The van der Waals surface area contributed by atoms with Gasteiger partial charge in [-0.25, -0.2) is 8.78 Å². The molecule has 96 valence electrons. The Balaban J connectivity index is 2.27. The third-order valence-electron chi connectivity index (χ3n) is 3.24. The second kappa shape index (κ2) is 3.86. The summed E-state index contributed by atoms with van der Waals surface area (Å²) in [5.74, 6) is -3.03. The van der Waals surface area contributed by atoms with Gasteiger partial charge in [0.05, 0.1) is 5.69 Å². The Hall–Kier alpha value is -2.27. The predicted molar refractivity (Wildman–Crippen MR) is 64.4 cm³/mol. The van der Waals surface area contributed by atoms with Gasteiger partial charge in [-0.05, 0) is 11.6 Å². The number of carbonyl (C=O) groups excluding carboxylic acids is 1. The molecule has 0 bridgehead atoms. The summed E-state index contributed by atoms with van der Waals surface area (Å²) in [5, 5.41) is 12.8. The number of hydrogen-bond acceptors (Lipinski definition) is 2. The molecule has 5 heteroatoms. The quantitative estimate of drug-likeness (QED) is 0.826. The molecule has 3 rings (SSSR count). The molecule has 0 saturated carbocycles. The van der Waals surface area contributed by atoms with Gasteiger partial charge in [0.1, 0.15) is 0 Å². The number of rotatable bonds is 1. The Morgan fingerprint density at radius 2 is 1.74 bits per heavy atom. The Kier molecular flexibility index (Phi) is 2.40. The summed E-state index contributed by atoms with van der Waals surface area (Å²) < 4.78 is 26.8. The van der Waals surface area contributed by atoms with Crippen LogP contribution in [0.5, 0.6) is 0 Å². The molecule has 2 aromatic rings. The van der Waals surface area contributed by atoms with Crippen molar-refractivity contribution in [2.45, 2.75) is 5.60 Å². The van der Waals surface area contributed by atoms with Crippen molar-refractivity contribution >= 4 is 11.6 Å². The van der Waals surface area contributed by atoms with Gasteiger partial charge in [-0.2, -0.15) is 0 Å². The van der Waals surface area contributed by atoms with E-state index >= 15 is 0 Å². The highest BCUT2D eigenvalue weighted by Gasteiger charge is 2.48. The Morgan fingerprint density at radius 1 is 1.05 bits per heavy atom. The van der Waals surface area contributed by atoms with Gasteiger partial charge in [-0.15, -0.1) is 0 Å². The van der Waals surface area contributed by atoms with Crippen LogP contribution >= 0.6 is 0 Å². The molecule has 1 aliphatic heterocycles. The van der Waals surface area contributed by atoms with Gasteiger partial charge < -0.3 is 10.4 Å². The second-order valence-corrected chi connectivity index (χ2v) is 4.31. The maximum atomic E-state index is 13.6. The van der Waals surface area contributed by atoms with Gasteiger partial charge in [0.2, 0.25) is 0 Å². The monoisotopic (exact) mass is 261 g/mol. The van der Waals surface area contributed by atoms with Crippen LogP contribution in [-0.4, -0.2) is 11.0 Å². The van der Waals surface area contributed by atoms with E-state index in [2.05, 4.69) is 5.32 Å². The summed E-state index contributed by atoms with van der Waals surface area (Å²) in [6.07, 6.45) is 0. The summed E-state index contributed by atoms with van der Waals surface area (Å²) in [4.78, 5) is 12.0. The van der Waals surface area contributed by atoms with Crippen LogP contribution in [-0.2, 0) is 10.4 Å². The molecule has 0 radical (unpaired) electrons. The standard InChI is InChI=1S/C14H9F2NO2/c15-10-7-6-9-12(11(10)16)17-13(18)14(9,19)8-4-2-1-3-5-8/h1-7,19H,(H,17,18). The molecule has 3 nitrogen and oxygen atoms in total. The lowest BCUT2D eigenvalue weighted by molar-refractivity contribution is -0.129. The van der Waals surface area contributed by atoms with Crippen molar-refractivity contribution in [3.8, 4) is 0 Å². The van der Waals surface area contributed by atoms with Crippen molar-refractivity contribution in [2.24, 2.45) is 0 Å². The highest BCUT2D eigenvalue weighted by molar-refractivity contribution is 6.07. The maximum absolute atomic E-state index is 13.6. The summed E-state index contributed by atoms with van der Waals surface area (Å²) in [7, 11) is 0. The van der Waals surface area contributed by atoms with Crippen molar-refractivity contribution in [1.82, 2.24) is 0 Å². The van der Waals surface area contributed by atoms with E-state index in [1.807, 2.05) is 0 Å². The van der Waals surface area contributed by atoms with E-state index in [0.717, 1.165) is 6.07 Å². The minimum absolute atomic E-state index is 0.0163. The molecule has 1 atom stereocenters. The van der Waals surface area contributed by atoms with Crippen LogP contribution in [0.1, 0.15) is 11.1 Å². The SMILES string of the molecule is O=C1Nc2c(ccc(F)c2F)C1(O)c1ccccc1. The fraction of sp³-hybridized carbons (Fsp3) is 0.0714. The zero-order valence-electron chi connectivity index (χ0n) is 9.65. The number of aliphatic hydroxyl groups is 1. The Labute approximate surface area is 107 Å². The lowest BCUT2D eigenvalue weighted by Crippen LogP contribution is -2.35. The number of halogens is 2. The first-order valence-electron chi connectivity index (χ1n) is 5.63. The van der Waals surface area contributed by atoms with Crippen molar-refractivity contribution in [3.63, 3.8) is 0 Å². The summed E-state index contributed by atoms with van der Waals surface area (Å²) in [6.45, 7) is 0. The van der Waals surface area contributed by atoms with E-state index in [-0.39, 0.29) is 11.3 Å². The molecular formula is C14H9F2NO2. The van der Waals surface area contributed by atoms with Crippen molar-refractivity contribution < 1.29 is 18.7 Å². The molecule has 0 aliphatic carbocycles. The molecule has 2 aromatic carbocycles. The number of anilines is 1. The molecule has 1 aliphatic rings. The van der Waals surface area contributed by atoms with Crippen molar-refractivity contribution in [3.05, 3.63) is 65.2 Å². The van der Waals surface area contributed by atoms with Gasteiger partial charge in [0, 0.05) is 5.56 Å². The van der Waals surface area contributed by atoms with E-state index < -0.39 is 23.1 Å². The molecule has 0 saturated heterocycles. The topological polar surface area (TPSA) is 49.3 Å². The van der Waals surface area contributed by atoms with Crippen LogP contribution in [0, 0.1) is 11.6 Å². The molecule has 1 unspecified atom stereocenters. The molecule has 1 amide bonds. The van der Waals surface area contributed by atoms with E-state index in [1.165, 1.54) is 6.07 Å². The smallest absolute Gasteiger partial charge is 0.265 e. The summed E-state index contributed by atoms with van der Waals surface area (Å²) in [5.41, 5.74) is -1.98. The average Bonchev–Trinajstić information content (AvgIpc) is 2.69. The normalized spacial score (nSPS) is 21.1. The minimum Gasteiger partial charge on any atom is -0.372 e. The lowest BCUT2D eigenvalue weighted by Gasteiger charge is -2.21.